The summed E-state index contributed by atoms with van der Waals surface area (Å²) in [6, 6.07) is 8.21. The van der Waals surface area contributed by atoms with Crippen molar-refractivity contribution in [1.82, 2.24) is 4.98 Å². The second-order valence-corrected chi connectivity index (χ2v) is 5.03. The molecule has 0 fully saturated rings. The van der Waals surface area contributed by atoms with Crippen molar-refractivity contribution in [2.75, 3.05) is 5.32 Å². The molecule has 2 rings (SSSR count). The van der Waals surface area contributed by atoms with Crippen LogP contribution in [0.4, 0.5) is 17.2 Å². The van der Waals surface area contributed by atoms with E-state index in [0.717, 1.165) is 15.8 Å². The van der Waals surface area contributed by atoms with Crippen LogP contribution in [0.15, 0.2) is 36.5 Å². The quantitative estimate of drug-likeness (QED) is 0.476. The lowest BCUT2D eigenvalue weighted by molar-refractivity contribution is -0.385. The van der Waals surface area contributed by atoms with E-state index < -0.39 is 10.9 Å². The Kier molecular flexibility index (Phi) is 4.13. The molecule has 0 unspecified atom stereocenters. The first kappa shape index (κ1) is 14.2. The molecule has 1 aromatic carbocycles. The van der Waals surface area contributed by atoms with Gasteiger partial charge in [0.25, 0.3) is 5.69 Å². The molecule has 1 heterocycles. The Balaban J connectivity index is 2.41. The summed E-state index contributed by atoms with van der Waals surface area (Å²) in [6.07, 6.45) is 1.02. The monoisotopic (exact) mass is 385 g/mol. The molecule has 0 atom stereocenters. The number of nitrogens with zero attached hydrogens (tertiary/aromatic N) is 2. The first-order valence-corrected chi connectivity index (χ1v) is 6.45. The van der Waals surface area contributed by atoms with Crippen molar-refractivity contribution in [1.29, 1.82) is 0 Å². The van der Waals surface area contributed by atoms with Crippen LogP contribution in [0.25, 0.3) is 0 Å². The van der Waals surface area contributed by atoms with Gasteiger partial charge in [0.15, 0.2) is 0 Å². The van der Waals surface area contributed by atoms with E-state index in [1.54, 1.807) is 18.2 Å². The lowest BCUT2D eigenvalue weighted by Crippen LogP contribution is -2.06. The van der Waals surface area contributed by atoms with Crippen molar-refractivity contribution in [3.05, 3.63) is 55.8 Å². The Morgan fingerprint density at radius 3 is 2.75 bits per heavy atom. The maximum Gasteiger partial charge on any atom is 0.339 e. The number of hydrogen-bond acceptors (Lipinski definition) is 5. The molecule has 2 aromatic rings. The number of carboxylic acids is 1. The number of carbonyl (C=O) groups is 1. The first-order valence-electron chi connectivity index (χ1n) is 5.37. The summed E-state index contributed by atoms with van der Waals surface area (Å²) in [4.78, 5) is 24.9. The van der Waals surface area contributed by atoms with Gasteiger partial charge in [-0.1, -0.05) is 6.07 Å². The number of nitro groups is 1. The average molecular weight is 385 g/mol. The predicted molar refractivity (Wildman–Crippen MR) is 80.3 cm³/mol. The minimum Gasteiger partial charge on any atom is -0.478 e. The third-order valence-corrected chi connectivity index (χ3v) is 3.07. The van der Waals surface area contributed by atoms with Gasteiger partial charge in [0.2, 0.25) is 0 Å². The van der Waals surface area contributed by atoms with Crippen molar-refractivity contribution in [3.8, 4) is 0 Å². The number of halogens is 1. The van der Waals surface area contributed by atoms with Crippen LogP contribution in [0.2, 0.25) is 0 Å². The highest BCUT2D eigenvalue weighted by Crippen LogP contribution is 2.23. The Bertz CT molecular complexity index is 690. The molecule has 0 bridgehead atoms. The minimum atomic E-state index is -1.28. The van der Waals surface area contributed by atoms with Gasteiger partial charge < -0.3 is 10.4 Å². The number of nitrogens with one attached hydrogen (secondary N) is 1. The van der Waals surface area contributed by atoms with E-state index in [9.17, 15) is 14.9 Å². The normalized spacial score (nSPS) is 10.1. The number of aromatic nitrogens is 1. The van der Waals surface area contributed by atoms with Crippen molar-refractivity contribution < 1.29 is 14.8 Å². The predicted octanol–water partition coefficient (Wildman–Crippen LogP) is 3.04. The van der Waals surface area contributed by atoms with Crippen LogP contribution in [0.5, 0.6) is 0 Å². The third kappa shape index (κ3) is 3.20. The maximum absolute atomic E-state index is 11.1. The highest BCUT2D eigenvalue weighted by molar-refractivity contribution is 14.1. The molecule has 7 nitrogen and oxygen atoms in total. The molecule has 0 radical (unpaired) electrons. The Morgan fingerprint density at radius 1 is 1.40 bits per heavy atom. The molecule has 2 N–H and O–H groups in total. The van der Waals surface area contributed by atoms with Crippen molar-refractivity contribution >= 4 is 45.8 Å². The fourth-order valence-corrected chi connectivity index (χ4v) is 2.06. The summed E-state index contributed by atoms with van der Waals surface area (Å²) >= 11 is 2.12. The molecule has 0 saturated heterocycles. The summed E-state index contributed by atoms with van der Waals surface area (Å²) in [5.74, 6) is -1.22. The van der Waals surface area contributed by atoms with E-state index >= 15 is 0 Å². The summed E-state index contributed by atoms with van der Waals surface area (Å²) < 4.78 is 0.964. The SMILES string of the molecule is O=C(O)c1cc([N+](=O)[O-])cnc1Nc1cccc(I)c1. The van der Waals surface area contributed by atoms with Gasteiger partial charge in [0, 0.05) is 15.3 Å². The lowest BCUT2D eigenvalue weighted by atomic mass is 10.2. The van der Waals surface area contributed by atoms with Crippen molar-refractivity contribution in [2.24, 2.45) is 0 Å². The van der Waals surface area contributed by atoms with Crippen LogP contribution in [0, 0.1) is 13.7 Å². The van der Waals surface area contributed by atoms with Crippen LogP contribution < -0.4 is 5.32 Å². The van der Waals surface area contributed by atoms with Crippen LogP contribution in [0.3, 0.4) is 0 Å². The number of anilines is 2. The molecule has 0 spiro atoms. The molecule has 0 aliphatic rings. The van der Waals surface area contributed by atoms with E-state index in [4.69, 9.17) is 5.11 Å². The molecular formula is C12H8IN3O4. The van der Waals surface area contributed by atoms with Crippen molar-refractivity contribution in [2.45, 2.75) is 0 Å². The van der Waals surface area contributed by atoms with Gasteiger partial charge in [0.1, 0.15) is 17.6 Å². The lowest BCUT2D eigenvalue weighted by Gasteiger charge is -2.08. The van der Waals surface area contributed by atoms with Gasteiger partial charge in [-0.25, -0.2) is 9.78 Å². The zero-order valence-electron chi connectivity index (χ0n) is 9.91. The molecule has 0 aliphatic heterocycles. The summed E-state index contributed by atoms with van der Waals surface area (Å²) in [6.45, 7) is 0. The number of hydrogen-bond donors (Lipinski definition) is 2. The average Bonchev–Trinajstić information content (AvgIpc) is 2.38. The van der Waals surface area contributed by atoms with Gasteiger partial charge in [0.05, 0.1) is 4.92 Å². The van der Waals surface area contributed by atoms with E-state index in [0.29, 0.717) is 5.69 Å². The third-order valence-electron chi connectivity index (χ3n) is 2.40. The molecular weight excluding hydrogens is 377 g/mol. The standard InChI is InChI=1S/C12H8IN3O4/c13-7-2-1-3-8(4-7)15-11-10(12(17)18)5-9(6-14-11)16(19)20/h1-6H,(H,14,15)(H,17,18). The van der Waals surface area contributed by atoms with E-state index in [2.05, 4.69) is 32.9 Å². The van der Waals surface area contributed by atoms with Gasteiger partial charge in [-0.2, -0.15) is 0 Å². The molecule has 8 heteroatoms. The highest BCUT2D eigenvalue weighted by Gasteiger charge is 2.17. The Hall–Kier alpha value is -2.23. The number of carboxylic acid groups (broad SMARTS) is 1. The topological polar surface area (TPSA) is 105 Å². The van der Waals surface area contributed by atoms with Gasteiger partial charge in [-0.05, 0) is 40.8 Å². The Morgan fingerprint density at radius 2 is 2.15 bits per heavy atom. The molecule has 20 heavy (non-hydrogen) atoms. The molecule has 102 valence electrons. The van der Waals surface area contributed by atoms with E-state index in [1.165, 1.54) is 0 Å². The van der Waals surface area contributed by atoms with E-state index in [1.807, 2.05) is 6.07 Å². The number of aromatic carboxylic acids is 1. The molecule has 0 aliphatic carbocycles. The molecule has 1 aromatic heterocycles. The zero-order valence-corrected chi connectivity index (χ0v) is 12.1. The first-order chi connectivity index (χ1) is 9.47. The highest BCUT2D eigenvalue weighted by atomic mass is 127. The number of pyridine rings is 1. The van der Waals surface area contributed by atoms with Gasteiger partial charge >= 0.3 is 5.97 Å². The van der Waals surface area contributed by atoms with Gasteiger partial charge in [-0.3, -0.25) is 10.1 Å². The summed E-state index contributed by atoms with van der Waals surface area (Å²) in [5, 5.41) is 22.6. The van der Waals surface area contributed by atoms with Crippen LogP contribution >= 0.6 is 22.6 Å². The number of rotatable bonds is 4. The number of benzene rings is 1. The van der Waals surface area contributed by atoms with Gasteiger partial charge in [-0.15, -0.1) is 0 Å². The minimum absolute atomic E-state index is 0.0603. The zero-order chi connectivity index (χ0) is 14.7. The van der Waals surface area contributed by atoms with Crippen LogP contribution in [-0.4, -0.2) is 21.0 Å². The maximum atomic E-state index is 11.1. The van der Waals surface area contributed by atoms with E-state index in [-0.39, 0.29) is 17.1 Å². The summed E-state index contributed by atoms with van der Waals surface area (Å²) in [7, 11) is 0. The molecule has 0 saturated carbocycles. The largest absolute Gasteiger partial charge is 0.478 e. The van der Waals surface area contributed by atoms with Crippen LogP contribution in [0.1, 0.15) is 10.4 Å². The van der Waals surface area contributed by atoms with Crippen molar-refractivity contribution in [3.63, 3.8) is 0 Å². The van der Waals surface area contributed by atoms with Crippen LogP contribution in [-0.2, 0) is 0 Å². The molecule has 0 amide bonds. The second kappa shape index (κ2) is 5.82. The summed E-state index contributed by atoms with van der Waals surface area (Å²) in [5.41, 5.74) is 0.0365. The fraction of sp³-hybridized carbons (Fsp3) is 0. The second-order valence-electron chi connectivity index (χ2n) is 3.79. The Labute approximate surface area is 126 Å². The fourth-order valence-electron chi connectivity index (χ4n) is 1.52. The smallest absolute Gasteiger partial charge is 0.339 e.